The van der Waals surface area contributed by atoms with Crippen molar-refractivity contribution in [3.05, 3.63) is 59.8 Å². The molecule has 0 aliphatic heterocycles. The first-order valence-electron chi connectivity index (χ1n) is 5.90. The first kappa shape index (κ1) is 13.0. The molecule has 0 aliphatic rings. The number of hydrogen-bond acceptors (Lipinski definition) is 2. The molecule has 0 amide bonds. The summed E-state index contributed by atoms with van der Waals surface area (Å²) in [7, 11) is -3.64. The molecule has 6 heteroatoms. The smallest absolute Gasteiger partial charge is 0.261 e. The lowest BCUT2D eigenvalue weighted by atomic mass is 10.2. The lowest BCUT2D eigenvalue weighted by molar-refractivity contribution is 0.601. The Bertz CT molecular complexity index is 872. The van der Waals surface area contributed by atoms with E-state index < -0.39 is 10.0 Å². The highest BCUT2D eigenvalue weighted by atomic mass is 35.5. The van der Waals surface area contributed by atoms with Gasteiger partial charge in [0.1, 0.15) is 0 Å². The number of hydrogen-bond donors (Lipinski definition) is 2. The molecule has 0 fully saturated rings. The van der Waals surface area contributed by atoms with Crippen molar-refractivity contribution in [2.45, 2.75) is 4.90 Å². The molecule has 20 heavy (non-hydrogen) atoms. The van der Waals surface area contributed by atoms with Crippen LogP contribution in [0.4, 0.5) is 5.69 Å². The van der Waals surface area contributed by atoms with E-state index in [1.54, 1.807) is 30.5 Å². The molecule has 4 nitrogen and oxygen atoms in total. The fourth-order valence-corrected chi connectivity index (χ4v) is 3.31. The van der Waals surface area contributed by atoms with E-state index in [1.807, 2.05) is 12.1 Å². The van der Waals surface area contributed by atoms with Gasteiger partial charge < -0.3 is 4.98 Å². The van der Waals surface area contributed by atoms with Gasteiger partial charge >= 0.3 is 0 Å². The molecule has 3 rings (SSSR count). The number of aromatic nitrogens is 1. The van der Waals surface area contributed by atoms with Crippen LogP contribution in [0.25, 0.3) is 10.9 Å². The Morgan fingerprint density at radius 1 is 1.05 bits per heavy atom. The van der Waals surface area contributed by atoms with Gasteiger partial charge in [0.25, 0.3) is 10.0 Å². The second-order valence-corrected chi connectivity index (χ2v) is 6.46. The maximum absolute atomic E-state index is 12.2. The second kappa shape index (κ2) is 4.85. The van der Waals surface area contributed by atoms with Gasteiger partial charge in [-0.05, 0) is 41.8 Å². The van der Waals surface area contributed by atoms with Gasteiger partial charge in [-0.25, -0.2) is 8.42 Å². The van der Waals surface area contributed by atoms with E-state index in [0.29, 0.717) is 10.7 Å². The quantitative estimate of drug-likeness (QED) is 0.776. The van der Waals surface area contributed by atoms with Gasteiger partial charge in [-0.1, -0.05) is 23.7 Å². The average Bonchev–Trinajstić information content (AvgIpc) is 2.85. The second-order valence-electron chi connectivity index (χ2n) is 4.34. The Labute approximate surface area is 121 Å². The largest absolute Gasteiger partial charge is 0.361 e. The topological polar surface area (TPSA) is 62.0 Å². The van der Waals surface area contributed by atoms with Crippen molar-refractivity contribution in [1.29, 1.82) is 0 Å². The van der Waals surface area contributed by atoms with Gasteiger partial charge in [-0.3, -0.25) is 4.72 Å². The third kappa shape index (κ3) is 2.50. The highest BCUT2D eigenvalue weighted by Gasteiger charge is 2.14. The van der Waals surface area contributed by atoms with Crippen molar-refractivity contribution < 1.29 is 8.42 Å². The molecule has 0 unspecified atom stereocenters. The average molecular weight is 307 g/mol. The minimum absolute atomic E-state index is 0.136. The van der Waals surface area contributed by atoms with E-state index >= 15 is 0 Å². The minimum Gasteiger partial charge on any atom is -0.361 e. The third-order valence-corrected chi connectivity index (χ3v) is 4.53. The number of rotatable bonds is 3. The summed E-state index contributed by atoms with van der Waals surface area (Å²) in [5, 5.41) is 1.41. The number of nitrogens with one attached hydrogen (secondary N) is 2. The van der Waals surface area contributed by atoms with Gasteiger partial charge in [0.2, 0.25) is 0 Å². The van der Waals surface area contributed by atoms with Gasteiger partial charge in [0.15, 0.2) is 0 Å². The highest BCUT2D eigenvalue weighted by molar-refractivity contribution is 7.92. The van der Waals surface area contributed by atoms with Gasteiger partial charge in [0, 0.05) is 16.7 Å². The molecule has 2 aromatic carbocycles. The molecule has 1 aromatic heterocycles. The Morgan fingerprint density at radius 3 is 2.70 bits per heavy atom. The van der Waals surface area contributed by atoms with Crippen LogP contribution >= 0.6 is 11.6 Å². The summed E-state index contributed by atoms with van der Waals surface area (Å²) < 4.78 is 27.0. The van der Waals surface area contributed by atoms with Crippen LogP contribution in [0.1, 0.15) is 0 Å². The maximum Gasteiger partial charge on any atom is 0.261 e. The van der Waals surface area contributed by atoms with Crippen molar-refractivity contribution in [3.8, 4) is 0 Å². The van der Waals surface area contributed by atoms with Gasteiger partial charge in [-0.15, -0.1) is 0 Å². The number of benzene rings is 2. The molecule has 0 bridgehead atoms. The summed E-state index contributed by atoms with van der Waals surface area (Å²) in [6.45, 7) is 0. The van der Waals surface area contributed by atoms with Crippen LogP contribution in [0, 0.1) is 0 Å². The molecule has 0 spiro atoms. The Kier molecular flexibility index (Phi) is 3.16. The van der Waals surface area contributed by atoms with Crippen LogP contribution in [0.3, 0.4) is 0 Å². The van der Waals surface area contributed by atoms with Gasteiger partial charge in [0.05, 0.1) is 10.6 Å². The molecule has 3 aromatic rings. The molecule has 0 saturated heterocycles. The van der Waals surface area contributed by atoms with Crippen LogP contribution < -0.4 is 4.72 Å². The Hall–Kier alpha value is -1.98. The zero-order valence-electron chi connectivity index (χ0n) is 10.3. The number of sulfonamides is 1. The highest BCUT2D eigenvalue weighted by Crippen LogP contribution is 2.22. The molecule has 0 atom stereocenters. The van der Waals surface area contributed by atoms with Crippen molar-refractivity contribution in [1.82, 2.24) is 4.98 Å². The fourth-order valence-electron chi connectivity index (χ4n) is 1.96. The maximum atomic E-state index is 12.2. The lowest BCUT2D eigenvalue weighted by Gasteiger charge is -2.08. The van der Waals surface area contributed by atoms with Crippen molar-refractivity contribution >= 4 is 38.2 Å². The number of aromatic amines is 1. The van der Waals surface area contributed by atoms with E-state index in [4.69, 9.17) is 11.6 Å². The summed E-state index contributed by atoms with van der Waals surface area (Å²) in [4.78, 5) is 3.17. The van der Waals surface area contributed by atoms with Crippen molar-refractivity contribution in [2.75, 3.05) is 4.72 Å². The summed E-state index contributed by atoms with van der Waals surface area (Å²) in [6.07, 6.45) is 1.81. The Balaban J connectivity index is 1.96. The number of H-pyrrole nitrogens is 1. The Morgan fingerprint density at radius 2 is 1.90 bits per heavy atom. The van der Waals surface area contributed by atoms with Crippen LogP contribution in [0.15, 0.2) is 59.6 Å². The molecule has 102 valence electrons. The molecule has 0 aliphatic carbocycles. The number of anilines is 1. The summed E-state index contributed by atoms with van der Waals surface area (Å²) in [5.74, 6) is 0. The first-order valence-corrected chi connectivity index (χ1v) is 7.76. The summed E-state index contributed by atoms with van der Waals surface area (Å²) >= 11 is 5.82. The normalized spacial score (nSPS) is 11.7. The number of fused-ring (bicyclic) bond motifs is 1. The molecular formula is C14H11ClN2O2S. The van der Waals surface area contributed by atoms with Gasteiger partial charge in [-0.2, -0.15) is 0 Å². The van der Waals surface area contributed by atoms with Crippen molar-refractivity contribution in [3.63, 3.8) is 0 Å². The van der Waals surface area contributed by atoms with E-state index in [9.17, 15) is 8.42 Å². The van der Waals surface area contributed by atoms with E-state index in [-0.39, 0.29) is 4.90 Å². The predicted molar refractivity (Wildman–Crippen MR) is 80.6 cm³/mol. The van der Waals surface area contributed by atoms with E-state index in [2.05, 4.69) is 9.71 Å². The molecular weight excluding hydrogens is 296 g/mol. The summed E-state index contributed by atoms with van der Waals surface area (Å²) in [5.41, 5.74) is 1.37. The van der Waals surface area contributed by atoms with Crippen molar-refractivity contribution in [2.24, 2.45) is 0 Å². The molecule has 1 heterocycles. The monoisotopic (exact) mass is 306 g/mol. The minimum atomic E-state index is -3.64. The fraction of sp³-hybridized carbons (Fsp3) is 0. The zero-order valence-corrected chi connectivity index (χ0v) is 11.9. The predicted octanol–water partition coefficient (Wildman–Crippen LogP) is 3.62. The SMILES string of the molecule is O=S(=O)(Nc1ccc2cc[nH]c2c1)c1cccc(Cl)c1. The lowest BCUT2D eigenvalue weighted by Crippen LogP contribution is -2.12. The van der Waals surface area contributed by atoms with E-state index in [1.165, 1.54) is 12.1 Å². The van der Waals surface area contributed by atoms with Crippen LogP contribution in [-0.4, -0.2) is 13.4 Å². The molecule has 0 saturated carbocycles. The molecule has 2 N–H and O–H groups in total. The molecule has 0 radical (unpaired) electrons. The standard InChI is InChI=1S/C14H11ClN2O2S/c15-11-2-1-3-13(8-11)20(18,19)17-12-5-4-10-6-7-16-14(10)9-12/h1-9,16-17H. The zero-order chi connectivity index (χ0) is 14.2. The first-order chi connectivity index (χ1) is 9.54. The summed E-state index contributed by atoms with van der Waals surface area (Å²) in [6, 6.07) is 13.4. The van der Waals surface area contributed by atoms with Crippen LogP contribution in [0.2, 0.25) is 5.02 Å². The van der Waals surface area contributed by atoms with Crippen LogP contribution in [0.5, 0.6) is 0 Å². The van der Waals surface area contributed by atoms with E-state index in [0.717, 1.165) is 10.9 Å². The van der Waals surface area contributed by atoms with Crippen LogP contribution in [-0.2, 0) is 10.0 Å². The third-order valence-electron chi connectivity index (χ3n) is 2.91. The number of halogens is 1.